The number of carboxylic acid groups (broad SMARTS) is 2. The Hall–Kier alpha value is -3.79. The lowest BCUT2D eigenvalue weighted by Gasteiger charge is -2.24. The van der Waals surface area contributed by atoms with E-state index in [4.69, 9.17) is 32.5 Å². The highest BCUT2D eigenvalue weighted by Gasteiger charge is 2.31. The second kappa shape index (κ2) is 14.3. The van der Waals surface area contributed by atoms with Crippen molar-refractivity contribution < 1.29 is 48.9 Å². The van der Waals surface area contributed by atoms with Crippen molar-refractivity contribution in [1.29, 1.82) is 0 Å². The molecule has 0 rings (SSSR count). The lowest BCUT2D eigenvalue weighted by Crippen LogP contribution is -2.58. The number of hydrogen-bond donors (Lipinski definition) is 9. The van der Waals surface area contributed by atoms with E-state index in [0.717, 1.165) is 0 Å². The van der Waals surface area contributed by atoms with Gasteiger partial charge in [0.2, 0.25) is 29.5 Å². The summed E-state index contributed by atoms with van der Waals surface area (Å²) < 4.78 is 0. The van der Waals surface area contributed by atoms with Crippen LogP contribution < -0.4 is 33.2 Å². The summed E-state index contributed by atoms with van der Waals surface area (Å²) in [5.74, 6) is -7.84. The summed E-state index contributed by atoms with van der Waals surface area (Å²) in [4.78, 5) is 81.1. The highest BCUT2D eigenvalue weighted by atomic mass is 16.4. The van der Waals surface area contributed by atoms with Gasteiger partial charge in [-0.05, 0) is 12.8 Å². The van der Waals surface area contributed by atoms with Crippen LogP contribution in [0.5, 0.6) is 0 Å². The Labute approximate surface area is 187 Å². The quantitative estimate of drug-likeness (QED) is 0.101. The molecule has 33 heavy (non-hydrogen) atoms. The van der Waals surface area contributed by atoms with Gasteiger partial charge in [0.1, 0.15) is 18.1 Å². The molecule has 16 nitrogen and oxygen atoms in total. The van der Waals surface area contributed by atoms with E-state index >= 15 is 0 Å². The van der Waals surface area contributed by atoms with Gasteiger partial charge in [0.25, 0.3) is 0 Å². The minimum absolute atomic E-state index is 0.159. The van der Waals surface area contributed by atoms with Crippen LogP contribution in [-0.2, 0) is 33.6 Å². The average Bonchev–Trinajstić information content (AvgIpc) is 2.71. The molecule has 186 valence electrons. The fourth-order valence-electron chi connectivity index (χ4n) is 2.38. The normalized spacial score (nSPS) is 14.1. The predicted octanol–water partition coefficient (Wildman–Crippen LogP) is -5.15. The molecule has 0 aromatic heterocycles. The van der Waals surface area contributed by atoms with Gasteiger partial charge in [0, 0.05) is 12.8 Å². The SMILES string of the molecule is NC(=O)CCC(N)C(=O)NC(CC(N)=O)C(=O)NC(CCC(=O)O)C(=O)NC(CO)C(=O)O. The Balaban J connectivity index is 5.47. The van der Waals surface area contributed by atoms with Crippen LogP contribution in [0.1, 0.15) is 32.1 Å². The second-order valence-corrected chi connectivity index (χ2v) is 6.92. The number of nitrogens with one attached hydrogen (secondary N) is 3. The minimum Gasteiger partial charge on any atom is -0.481 e. The summed E-state index contributed by atoms with van der Waals surface area (Å²) in [6.07, 6.45) is -2.20. The van der Waals surface area contributed by atoms with Crippen molar-refractivity contribution in [2.75, 3.05) is 6.61 Å². The van der Waals surface area contributed by atoms with Crippen molar-refractivity contribution in [3.8, 4) is 0 Å². The van der Waals surface area contributed by atoms with Crippen LogP contribution >= 0.6 is 0 Å². The van der Waals surface area contributed by atoms with Gasteiger partial charge >= 0.3 is 11.9 Å². The van der Waals surface area contributed by atoms with Crippen LogP contribution in [-0.4, -0.2) is 87.6 Å². The molecule has 0 fully saturated rings. The zero-order valence-corrected chi connectivity index (χ0v) is 17.5. The summed E-state index contributed by atoms with van der Waals surface area (Å²) in [5.41, 5.74) is 15.6. The van der Waals surface area contributed by atoms with Crippen molar-refractivity contribution in [2.45, 2.75) is 56.3 Å². The van der Waals surface area contributed by atoms with Crippen molar-refractivity contribution >= 4 is 41.5 Å². The van der Waals surface area contributed by atoms with E-state index in [1.54, 1.807) is 0 Å². The molecule has 0 spiro atoms. The van der Waals surface area contributed by atoms with E-state index in [1.807, 2.05) is 5.32 Å². The molecular weight excluding hydrogens is 448 g/mol. The van der Waals surface area contributed by atoms with Gasteiger partial charge < -0.3 is 48.5 Å². The van der Waals surface area contributed by atoms with Crippen LogP contribution in [0, 0.1) is 0 Å². The Bertz CT molecular complexity index is 773. The first kappa shape index (κ1) is 29.2. The van der Waals surface area contributed by atoms with Crippen LogP contribution in [0.2, 0.25) is 0 Å². The largest absolute Gasteiger partial charge is 0.481 e. The fourth-order valence-corrected chi connectivity index (χ4v) is 2.38. The van der Waals surface area contributed by atoms with Gasteiger partial charge in [0.05, 0.1) is 19.1 Å². The number of carbonyl (C=O) groups is 7. The van der Waals surface area contributed by atoms with Crippen molar-refractivity contribution in [2.24, 2.45) is 17.2 Å². The van der Waals surface area contributed by atoms with Crippen molar-refractivity contribution in [3.63, 3.8) is 0 Å². The lowest BCUT2D eigenvalue weighted by molar-refractivity contribution is -0.144. The summed E-state index contributed by atoms with van der Waals surface area (Å²) >= 11 is 0. The Morgan fingerprint density at radius 1 is 0.697 bits per heavy atom. The van der Waals surface area contributed by atoms with Gasteiger partial charge in [0.15, 0.2) is 0 Å². The maximum Gasteiger partial charge on any atom is 0.328 e. The molecule has 12 N–H and O–H groups in total. The van der Waals surface area contributed by atoms with Crippen LogP contribution in [0.3, 0.4) is 0 Å². The summed E-state index contributed by atoms with van der Waals surface area (Å²) in [5, 5.41) is 33.0. The first-order valence-electron chi connectivity index (χ1n) is 9.57. The number of primary amides is 2. The third kappa shape index (κ3) is 12.0. The molecule has 0 radical (unpaired) electrons. The van der Waals surface area contributed by atoms with Crippen LogP contribution in [0.25, 0.3) is 0 Å². The highest BCUT2D eigenvalue weighted by molar-refractivity contribution is 5.96. The average molecular weight is 476 g/mol. The van der Waals surface area contributed by atoms with Gasteiger partial charge in [-0.3, -0.25) is 28.8 Å². The number of carbonyl (C=O) groups excluding carboxylic acids is 5. The number of nitrogens with two attached hydrogens (primary N) is 3. The number of aliphatic hydroxyl groups excluding tert-OH is 1. The molecule has 4 unspecified atom stereocenters. The standard InChI is InChI=1S/C17H28N6O10/c18-7(1-3-11(19)25)14(29)22-9(5-12(20)26)16(31)21-8(2-4-13(27)28)15(30)23-10(6-24)17(32)33/h7-10,24H,1-6,18H2,(H2,19,25)(H2,20,26)(H,21,31)(H,22,29)(H,23,30)(H,27,28)(H,32,33). The third-order valence-corrected chi connectivity index (χ3v) is 4.15. The van der Waals surface area contributed by atoms with E-state index in [2.05, 4.69) is 10.6 Å². The van der Waals surface area contributed by atoms with Crippen molar-refractivity contribution in [1.82, 2.24) is 16.0 Å². The number of aliphatic carboxylic acids is 2. The highest BCUT2D eigenvalue weighted by Crippen LogP contribution is 2.03. The van der Waals surface area contributed by atoms with E-state index in [0.29, 0.717) is 0 Å². The van der Waals surface area contributed by atoms with E-state index in [9.17, 15) is 33.6 Å². The lowest BCUT2D eigenvalue weighted by atomic mass is 10.1. The smallest absolute Gasteiger partial charge is 0.328 e. The third-order valence-electron chi connectivity index (χ3n) is 4.15. The molecule has 4 atom stereocenters. The van der Waals surface area contributed by atoms with Crippen molar-refractivity contribution in [3.05, 3.63) is 0 Å². The molecule has 0 bridgehead atoms. The minimum atomic E-state index is -1.73. The number of rotatable bonds is 16. The maximum absolute atomic E-state index is 12.6. The fraction of sp³-hybridized carbons (Fsp3) is 0.588. The molecule has 0 aromatic rings. The molecule has 16 heteroatoms. The Morgan fingerprint density at radius 2 is 1.21 bits per heavy atom. The number of carboxylic acids is 2. The molecule has 0 saturated carbocycles. The van der Waals surface area contributed by atoms with Crippen LogP contribution in [0.15, 0.2) is 0 Å². The molecule has 5 amide bonds. The van der Waals surface area contributed by atoms with Gasteiger partial charge in [-0.2, -0.15) is 0 Å². The molecule has 0 aliphatic rings. The number of amides is 5. The van der Waals surface area contributed by atoms with E-state index < -0.39 is 91.5 Å². The maximum atomic E-state index is 12.6. The molecule has 0 saturated heterocycles. The predicted molar refractivity (Wildman–Crippen MR) is 108 cm³/mol. The molecule has 0 aromatic carbocycles. The number of aliphatic hydroxyl groups is 1. The Kier molecular flexibility index (Phi) is 12.7. The summed E-state index contributed by atoms with van der Waals surface area (Å²) in [6.45, 7) is -0.982. The zero-order chi connectivity index (χ0) is 25.7. The van der Waals surface area contributed by atoms with Gasteiger partial charge in [-0.15, -0.1) is 0 Å². The molecule has 0 heterocycles. The topological polar surface area (TPSA) is 294 Å². The summed E-state index contributed by atoms with van der Waals surface area (Å²) in [6, 6.07) is -6.22. The molecule has 0 aliphatic carbocycles. The Morgan fingerprint density at radius 3 is 1.67 bits per heavy atom. The first-order valence-corrected chi connectivity index (χ1v) is 9.57. The molecule has 0 aliphatic heterocycles. The zero-order valence-electron chi connectivity index (χ0n) is 17.5. The van der Waals surface area contributed by atoms with E-state index in [-0.39, 0.29) is 12.8 Å². The first-order chi connectivity index (χ1) is 15.3. The van der Waals surface area contributed by atoms with E-state index in [1.165, 1.54) is 0 Å². The van der Waals surface area contributed by atoms with Gasteiger partial charge in [-0.25, -0.2) is 4.79 Å². The molecular formula is C17H28N6O10. The summed E-state index contributed by atoms with van der Waals surface area (Å²) in [7, 11) is 0. The van der Waals surface area contributed by atoms with Gasteiger partial charge in [-0.1, -0.05) is 0 Å². The monoisotopic (exact) mass is 476 g/mol. The second-order valence-electron chi connectivity index (χ2n) is 6.92. The van der Waals surface area contributed by atoms with Crippen LogP contribution in [0.4, 0.5) is 0 Å². The number of hydrogen-bond acceptors (Lipinski definition) is 9.